The Morgan fingerprint density at radius 3 is 2.43 bits per heavy atom. The summed E-state index contributed by atoms with van der Waals surface area (Å²) in [4.78, 5) is 25.7. The number of hydrogen-bond donors (Lipinski definition) is 2. The van der Waals surface area contributed by atoms with Crippen molar-refractivity contribution in [3.05, 3.63) is 105 Å². The lowest BCUT2D eigenvalue weighted by Gasteiger charge is -2.08. The van der Waals surface area contributed by atoms with Crippen LogP contribution < -0.4 is 11.2 Å². The summed E-state index contributed by atoms with van der Waals surface area (Å²) >= 11 is 5.63. The third-order valence-corrected chi connectivity index (χ3v) is 4.95. The molecule has 1 heterocycles. The second kappa shape index (κ2) is 9.48. The number of aryl methyl sites for hydroxylation is 1. The average molecular weight is 423 g/mol. The maximum absolute atomic E-state index is 14.2. The van der Waals surface area contributed by atoms with E-state index in [0.29, 0.717) is 18.4 Å². The van der Waals surface area contributed by atoms with E-state index in [1.807, 2.05) is 55.5 Å². The predicted octanol–water partition coefficient (Wildman–Crippen LogP) is 5.25. The Balaban J connectivity index is 0.000000239. The molecule has 0 radical (unpaired) electrons. The molecular weight excluding hydrogens is 403 g/mol. The first kappa shape index (κ1) is 21.4. The van der Waals surface area contributed by atoms with E-state index in [1.54, 1.807) is 6.07 Å². The number of H-pyrrole nitrogens is 1. The number of carbonyl (C=O) groups excluding carboxylic acids is 1. The third-order valence-electron chi connectivity index (χ3n) is 4.70. The second-order valence-electron chi connectivity index (χ2n) is 6.72. The van der Waals surface area contributed by atoms with Crippen LogP contribution in [0.5, 0.6) is 0 Å². The van der Waals surface area contributed by atoms with Crippen LogP contribution >= 0.6 is 11.6 Å². The SMILES string of the molecule is Cc1ccccc1-c1cc(F)c2[nH]cc(C=O)c(=O)c2c1.NCc1ccc(Cl)cc1. The highest BCUT2D eigenvalue weighted by Crippen LogP contribution is 2.27. The fraction of sp³-hybridized carbons (Fsp3) is 0.0833. The van der Waals surface area contributed by atoms with E-state index in [4.69, 9.17) is 17.3 Å². The molecule has 0 spiro atoms. The zero-order valence-corrected chi connectivity index (χ0v) is 17.0. The number of nitrogens with two attached hydrogens (primary N) is 1. The van der Waals surface area contributed by atoms with Gasteiger partial charge in [0.15, 0.2) is 11.7 Å². The zero-order valence-electron chi connectivity index (χ0n) is 16.3. The number of halogens is 2. The van der Waals surface area contributed by atoms with Gasteiger partial charge >= 0.3 is 0 Å². The molecular formula is C24H20ClFN2O2. The summed E-state index contributed by atoms with van der Waals surface area (Å²) in [7, 11) is 0. The molecule has 0 aliphatic carbocycles. The molecule has 0 aliphatic rings. The summed E-state index contributed by atoms with van der Waals surface area (Å²) in [6, 6.07) is 18.1. The quantitative estimate of drug-likeness (QED) is 0.442. The van der Waals surface area contributed by atoms with Crippen LogP contribution in [-0.4, -0.2) is 11.3 Å². The number of pyridine rings is 1. The van der Waals surface area contributed by atoms with Gasteiger partial charge in [-0.2, -0.15) is 0 Å². The van der Waals surface area contributed by atoms with Crippen molar-refractivity contribution < 1.29 is 9.18 Å². The first-order valence-corrected chi connectivity index (χ1v) is 9.63. The van der Waals surface area contributed by atoms with Crippen LogP contribution in [0.1, 0.15) is 21.5 Å². The predicted molar refractivity (Wildman–Crippen MR) is 119 cm³/mol. The molecule has 0 bridgehead atoms. The minimum absolute atomic E-state index is 0.0103. The lowest BCUT2D eigenvalue weighted by atomic mass is 9.98. The molecule has 0 saturated carbocycles. The minimum atomic E-state index is -0.514. The minimum Gasteiger partial charge on any atom is -0.358 e. The van der Waals surface area contributed by atoms with Crippen molar-refractivity contribution in [3.63, 3.8) is 0 Å². The van der Waals surface area contributed by atoms with Crippen LogP contribution in [0.3, 0.4) is 0 Å². The molecule has 4 nitrogen and oxygen atoms in total. The molecule has 0 amide bonds. The third kappa shape index (κ3) is 4.64. The van der Waals surface area contributed by atoms with Crippen LogP contribution in [0.2, 0.25) is 5.02 Å². The van der Waals surface area contributed by atoms with Crippen LogP contribution in [0.4, 0.5) is 4.39 Å². The molecule has 4 aromatic rings. The smallest absolute Gasteiger partial charge is 0.200 e. The molecule has 0 aliphatic heterocycles. The van der Waals surface area contributed by atoms with Crippen LogP contribution in [0.15, 0.2) is 71.7 Å². The highest BCUT2D eigenvalue weighted by Gasteiger charge is 2.12. The Kier molecular flexibility index (Phi) is 6.77. The van der Waals surface area contributed by atoms with Gasteiger partial charge in [0, 0.05) is 23.2 Å². The van der Waals surface area contributed by atoms with Crippen molar-refractivity contribution in [1.29, 1.82) is 0 Å². The van der Waals surface area contributed by atoms with E-state index in [-0.39, 0.29) is 16.5 Å². The van der Waals surface area contributed by atoms with Crippen LogP contribution in [0.25, 0.3) is 22.0 Å². The summed E-state index contributed by atoms with van der Waals surface area (Å²) in [6.45, 7) is 2.50. The van der Waals surface area contributed by atoms with Crippen molar-refractivity contribution >= 4 is 28.8 Å². The fourth-order valence-corrected chi connectivity index (χ4v) is 3.19. The van der Waals surface area contributed by atoms with E-state index in [1.165, 1.54) is 12.3 Å². The number of benzene rings is 3. The standard InChI is InChI=1S/C17H12FNO2.C7H8ClN/c1-10-4-2-3-5-13(10)11-6-14-16(15(18)7-11)19-8-12(9-20)17(14)21;8-7-3-1-6(5-9)2-4-7/h2-9H,1H3,(H,19,21);1-4H,5,9H2. The number of hydrogen-bond acceptors (Lipinski definition) is 3. The van der Waals surface area contributed by atoms with Crippen molar-refractivity contribution in [3.8, 4) is 11.1 Å². The Bertz CT molecular complexity index is 1250. The van der Waals surface area contributed by atoms with Gasteiger partial charge < -0.3 is 10.7 Å². The van der Waals surface area contributed by atoms with Crippen LogP contribution in [0, 0.1) is 12.7 Å². The molecule has 6 heteroatoms. The zero-order chi connectivity index (χ0) is 21.7. The Hall–Kier alpha value is -3.28. The van der Waals surface area contributed by atoms with Crippen molar-refractivity contribution in [2.75, 3.05) is 0 Å². The highest BCUT2D eigenvalue weighted by molar-refractivity contribution is 6.30. The molecule has 30 heavy (non-hydrogen) atoms. The summed E-state index contributed by atoms with van der Waals surface area (Å²) < 4.78 is 14.2. The van der Waals surface area contributed by atoms with E-state index in [2.05, 4.69) is 4.98 Å². The largest absolute Gasteiger partial charge is 0.358 e. The Morgan fingerprint density at radius 1 is 1.10 bits per heavy atom. The van der Waals surface area contributed by atoms with E-state index >= 15 is 0 Å². The molecule has 0 saturated heterocycles. The number of aromatic nitrogens is 1. The maximum Gasteiger partial charge on any atom is 0.200 e. The first-order chi connectivity index (χ1) is 14.4. The molecule has 4 rings (SSSR count). The summed E-state index contributed by atoms with van der Waals surface area (Å²) in [6.07, 6.45) is 1.70. The van der Waals surface area contributed by atoms with Gasteiger partial charge in [0.2, 0.25) is 0 Å². The van der Waals surface area contributed by atoms with Crippen molar-refractivity contribution in [2.24, 2.45) is 5.73 Å². The number of rotatable bonds is 3. The van der Waals surface area contributed by atoms with Gasteiger partial charge in [-0.15, -0.1) is 0 Å². The monoisotopic (exact) mass is 422 g/mol. The summed E-state index contributed by atoms with van der Waals surface area (Å²) in [5.74, 6) is -0.514. The van der Waals surface area contributed by atoms with Crippen molar-refractivity contribution in [2.45, 2.75) is 13.5 Å². The maximum atomic E-state index is 14.2. The molecule has 0 unspecified atom stereocenters. The normalized spacial score (nSPS) is 10.4. The Labute approximate surface area is 178 Å². The van der Waals surface area contributed by atoms with E-state index in [0.717, 1.165) is 21.7 Å². The first-order valence-electron chi connectivity index (χ1n) is 9.25. The van der Waals surface area contributed by atoms with Gasteiger partial charge in [0.1, 0.15) is 5.82 Å². The lowest BCUT2D eigenvalue weighted by Crippen LogP contribution is -2.10. The number of aldehydes is 1. The fourth-order valence-electron chi connectivity index (χ4n) is 3.06. The topological polar surface area (TPSA) is 76.0 Å². The molecule has 152 valence electrons. The van der Waals surface area contributed by atoms with E-state index < -0.39 is 11.2 Å². The number of fused-ring (bicyclic) bond motifs is 1. The van der Waals surface area contributed by atoms with Gasteiger partial charge in [-0.1, -0.05) is 48.0 Å². The van der Waals surface area contributed by atoms with Gasteiger partial charge in [0.05, 0.1) is 11.1 Å². The summed E-state index contributed by atoms with van der Waals surface area (Å²) in [5, 5.41) is 0.935. The van der Waals surface area contributed by atoms with E-state index in [9.17, 15) is 14.0 Å². The Morgan fingerprint density at radius 2 is 1.80 bits per heavy atom. The second-order valence-corrected chi connectivity index (χ2v) is 7.15. The molecule has 1 aromatic heterocycles. The van der Waals surface area contributed by atoms with Crippen LogP contribution in [-0.2, 0) is 6.54 Å². The van der Waals surface area contributed by atoms with Gasteiger partial charge in [-0.3, -0.25) is 9.59 Å². The molecule has 3 aromatic carbocycles. The van der Waals surface area contributed by atoms with Gasteiger partial charge in [-0.25, -0.2) is 4.39 Å². The van der Waals surface area contributed by atoms with Gasteiger partial charge in [-0.05, 0) is 53.4 Å². The highest BCUT2D eigenvalue weighted by atomic mass is 35.5. The van der Waals surface area contributed by atoms with Crippen molar-refractivity contribution in [1.82, 2.24) is 4.98 Å². The summed E-state index contributed by atoms with van der Waals surface area (Å²) in [5.41, 5.74) is 8.56. The van der Waals surface area contributed by atoms with Gasteiger partial charge in [0.25, 0.3) is 0 Å². The number of aromatic amines is 1. The molecule has 0 fully saturated rings. The molecule has 0 atom stereocenters. The average Bonchev–Trinajstić information content (AvgIpc) is 2.76. The molecule has 3 N–H and O–H groups in total. The number of carbonyl (C=O) groups is 1. The lowest BCUT2D eigenvalue weighted by molar-refractivity contribution is 0.112. The number of nitrogens with one attached hydrogen (secondary N) is 1.